The number of hydrogen-bond donors (Lipinski definition) is 1. The number of rotatable bonds is 3. The van der Waals surface area contributed by atoms with Crippen molar-refractivity contribution >= 4 is 11.4 Å². The van der Waals surface area contributed by atoms with Crippen molar-refractivity contribution in [3.63, 3.8) is 0 Å². The quantitative estimate of drug-likeness (QED) is 0.848. The molecule has 98 valence electrons. The Kier molecular flexibility index (Phi) is 3.16. The van der Waals surface area contributed by atoms with E-state index in [4.69, 9.17) is 5.73 Å². The van der Waals surface area contributed by atoms with Gasteiger partial charge in [-0.25, -0.2) is 0 Å². The highest BCUT2D eigenvalue weighted by atomic mass is 15.1. The number of nitrogens with zero attached hydrogens (tertiary/aromatic N) is 1. The molecule has 3 rings (SSSR count). The van der Waals surface area contributed by atoms with Crippen molar-refractivity contribution < 1.29 is 0 Å². The molecule has 0 radical (unpaired) electrons. The van der Waals surface area contributed by atoms with E-state index in [0.717, 1.165) is 31.6 Å². The van der Waals surface area contributed by atoms with Crippen molar-refractivity contribution in [3.8, 4) is 0 Å². The first kappa shape index (κ1) is 12.1. The monoisotopic (exact) mass is 252 g/mol. The first-order chi connectivity index (χ1) is 9.26. The topological polar surface area (TPSA) is 29.3 Å². The number of nitrogens with two attached hydrogens (primary N) is 1. The van der Waals surface area contributed by atoms with E-state index >= 15 is 0 Å². The summed E-state index contributed by atoms with van der Waals surface area (Å²) >= 11 is 0. The van der Waals surface area contributed by atoms with Gasteiger partial charge in [-0.15, -0.1) is 0 Å². The van der Waals surface area contributed by atoms with Crippen molar-refractivity contribution in [2.45, 2.75) is 26.3 Å². The molecule has 1 aliphatic rings. The van der Waals surface area contributed by atoms with Gasteiger partial charge < -0.3 is 10.6 Å². The van der Waals surface area contributed by atoms with Crippen LogP contribution in [-0.2, 0) is 19.4 Å². The third-order valence-electron chi connectivity index (χ3n) is 3.90. The van der Waals surface area contributed by atoms with Gasteiger partial charge in [-0.3, -0.25) is 0 Å². The van der Waals surface area contributed by atoms with E-state index < -0.39 is 0 Å². The van der Waals surface area contributed by atoms with E-state index in [9.17, 15) is 0 Å². The van der Waals surface area contributed by atoms with Gasteiger partial charge in [0.2, 0.25) is 0 Å². The van der Waals surface area contributed by atoms with Crippen molar-refractivity contribution in [1.29, 1.82) is 0 Å². The molecule has 0 aromatic heterocycles. The molecule has 2 aromatic rings. The molecule has 0 atom stereocenters. The van der Waals surface area contributed by atoms with E-state index in [0.29, 0.717) is 0 Å². The van der Waals surface area contributed by atoms with Crippen molar-refractivity contribution in [2.75, 3.05) is 17.2 Å². The highest BCUT2D eigenvalue weighted by molar-refractivity contribution is 5.63. The molecule has 0 unspecified atom stereocenters. The van der Waals surface area contributed by atoms with Crippen LogP contribution in [0, 0.1) is 0 Å². The average molecular weight is 252 g/mol. The molecule has 0 saturated carbocycles. The van der Waals surface area contributed by atoms with E-state index in [1.54, 1.807) is 0 Å². The molecule has 0 fully saturated rings. The lowest BCUT2D eigenvalue weighted by atomic mass is 10.1. The van der Waals surface area contributed by atoms with Crippen molar-refractivity contribution in [3.05, 3.63) is 59.2 Å². The fraction of sp³-hybridized carbons (Fsp3) is 0.294. The number of anilines is 2. The number of aryl methyl sites for hydroxylation is 1. The Morgan fingerprint density at radius 3 is 2.53 bits per heavy atom. The molecule has 1 heterocycles. The second kappa shape index (κ2) is 4.96. The van der Waals surface area contributed by atoms with Gasteiger partial charge in [0.1, 0.15) is 0 Å². The third kappa shape index (κ3) is 2.43. The maximum Gasteiger partial charge on any atom is 0.0429 e. The van der Waals surface area contributed by atoms with Gasteiger partial charge in [-0.2, -0.15) is 0 Å². The Morgan fingerprint density at radius 2 is 1.79 bits per heavy atom. The third-order valence-corrected chi connectivity index (χ3v) is 3.90. The molecule has 0 spiro atoms. The Morgan fingerprint density at radius 1 is 1.05 bits per heavy atom. The van der Waals surface area contributed by atoms with Crippen molar-refractivity contribution in [1.82, 2.24) is 0 Å². The molecule has 2 heteroatoms. The number of fused-ring (bicyclic) bond motifs is 1. The van der Waals surface area contributed by atoms with Crippen molar-refractivity contribution in [2.24, 2.45) is 0 Å². The predicted molar refractivity (Wildman–Crippen MR) is 81.4 cm³/mol. The minimum atomic E-state index is 0.868. The normalized spacial score (nSPS) is 13.6. The minimum absolute atomic E-state index is 0.868. The van der Waals surface area contributed by atoms with Crippen LogP contribution in [-0.4, -0.2) is 6.54 Å². The van der Waals surface area contributed by atoms with Gasteiger partial charge in [-0.1, -0.05) is 31.2 Å². The van der Waals surface area contributed by atoms with E-state index in [2.05, 4.69) is 48.2 Å². The molecule has 0 bridgehead atoms. The van der Waals surface area contributed by atoms with Gasteiger partial charge in [0.25, 0.3) is 0 Å². The van der Waals surface area contributed by atoms with Gasteiger partial charge in [0, 0.05) is 24.5 Å². The maximum absolute atomic E-state index is 5.84. The molecule has 2 aromatic carbocycles. The number of nitrogen functional groups attached to an aromatic ring is 1. The number of hydrogen-bond acceptors (Lipinski definition) is 2. The Bertz CT molecular complexity index is 572. The summed E-state index contributed by atoms with van der Waals surface area (Å²) in [6, 6.07) is 15.2. The Hall–Kier alpha value is -1.96. The standard InChI is InChI=1S/C17H20N2/c1-2-13-3-5-14(6-4-13)12-19-10-9-15-11-16(18)7-8-17(15)19/h3-8,11H,2,9-10,12,18H2,1H3. The lowest BCUT2D eigenvalue weighted by Crippen LogP contribution is -2.19. The second-order valence-corrected chi connectivity index (χ2v) is 5.23. The largest absolute Gasteiger partial charge is 0.399 e. The van der Waals surface area contributed by atoms with Crippen LogP contribution < -0.4 is 10.6 Å². The summed E-state index contributed by atoms with van der Waals surface area (Å²) in [6.45, 7) is 4.27. The van der Waals surface area contributed by atoms with Crippen LogP contribution in [0.2, 0.25) is 0 Å². The zero-order chi connectivity index (χ0) is 13.2. The zero-order valence-electron chi connectivity index (χ0n) is 11.4. The van der Waals surface area contributed by atoms with Crippen LogP contribution in [0.1, 0.15) is 23.6 Å². The Labute approximate surface area is 114 Å². The van der Waals surface area contributed by atoms with Gasteiger partial charge >= 0.3 is 0 Å². The highest BCUT2D eigenvalue weighted by Crippen LogP contribution is 2.30. The SMILES string of the molecule is CCc1ccc(CN2CCc3cc(N)ccc32)cc1. The summed E-state index contributed by atoms with van der Waals surface area (Å²) in [6.07, 6.45) is 2.21. The van der Waals surface area contributed by atoms with Crippen LogP contribution in [0.25, 0.3) is 0 Å². The fourth-order valence-corrected chi connectivity index (χ4v) is 2.76. The lowest BCUT2D eigenvalue weighted by Gasteiger charge is -2.19. The highest BCUT2D eigenvalue weighted by Gasteiger charge is 2.18. The summed E-state index contributed by atoms with van der Waals surface area (Å²) < 4.78 is 0. The molecule has 1 aliphatic heterocycles. The first-order valence-corrected chi connectivity index (χ1v) is 6.97. The summed E-state index contributed by atoms with van der Waals surface area (Å²) in [7, 11) is 0. The first-order valence-electron chi connectivity index (χ1n) is 6.97. The lowest BCUT2D eigenvalue weighted by molar-refractivity contribution is 0.835. The zero-order valence-corrected chi connectivity index (χ0v) is 11.4. The molecular formula is C17H20N2. The predicted octanol–water partition coefficient (Wildman–Crippen LogP) is 3.39. The molecule has 0 aliphatic carbocycles. The minimum Gasteiger partial charge on any atom is -0.399 e. The van der Waals surface area contributed by atoms with Crippen LogP contribution in [0.5, 0.6) is 0 Å². The number of benzene rings is 2. The van der Waals surface area contributed by atoms with Gasteiger partial charge in [0.15, 0.2) is 0 Å². The second-order valence-electron chi connectivity index (χ2n) is 5.23. The van der Waals surface area contributed by atoms with Crippen LogP contribution in [0.4, 0.5) is 11.4 Å². The molecule has 2 N–H and O–H groups in total. The molecule has 19 heavy (non-hydrogen) atoms. The molecule has 2 nitrogen and oxygen atoms in total. The summed E-state index contributed by atoms with van der Waals surface area (Å²) in [5, 5.41) is 0. The summed E-state index contributed by atoms with van der Waals surface area (Å²) in [4.78, 5) is 2.44. The smallest absolute Gasteiger partial charge is 0.0429 e. The van der Waals surface area contributed by atoms with E-state index in [1.807, 2.05) is 6.07 Å². The van der Waals surface area contributed by atoms with Gasteiger partial charge in [-0.05, 0) is 47.7 Å². The van der Waals surface area contributed by atoms with E-state index in [-0.39, 0.29) is 0 Å². The molecular weight excluding hydrogens is 232 g/mol. The Balaban J connectivity index is 1.78. The summed E-state index contributed by atoms with van der Waals surface area (Å²) in [5.41, 5.74) is 12.2. The summed E-state index contributed by atoms with van der Waals surface area (Å²) in [5.74, 6) is 0. The van der Waals surface area contributed by atoms with E-state index in [1.165, 1.54) is 22.4 Å². The van der Waals surface area contributed by atoms with Crippen LogP contribution in [0.3, 0.4) is 0 Å². The maximum atomic E-state index is 5.84. The molecule has 0 amide bonds. The van der Waals surface area contributed by atoms with Crippen LogP contribution >= 0.6 is 0 Å². The average Bonchev–Trinajstić information content (AvgIpc) is 2.82. The van der Waals surface area contributed by atoms with Crippen LogP contribution in [0.15, 0.2) is 42.5 Å². The van der Waals surface area contributed by atoms with Gasteiger partial charge in [0.05, 0.1) is 0 Å². The molecule has 0 saturated heterocycles. The fourth-order valence-electron chi connectivity index (χ4n) is 2.76.